The molecular formula is C30H36N6. The lowest BCUT2D eigenvalue weighted by atomic mass is 10.1. The number of nitrogens with one attached hydrogen (secondary N) is 1. The number of hydrogen-bond donors (Lipinski definition) is 1. The average molecular weight is 481 g/mol. The second-order valence-electron chi connectivity index (χ2n) is 9.17. The van der Waals surface area contributed by atoms with Crippen molar-refractivity contribution in [2.75, 3.05) is 19.6 Å². The Morgan fingerprint density at radius 3 is 2.19 bits per heavy atom. The summed E-state index contributed by atoms with van der Waals surface area (Å²) in [4.78, 5) is 20.4. The zero-order chi connectivity index (χ0) is 24.8. The zero-order valence-corrected chi connectivity index (χ0v) is 21.2. The predicted octanol–water partition coefficient (Wildman–Crippen LogP) is 5.25. The molecule has 0 aliphatic carbocycles. The molecule has 4 rings (SSSR count). The van der Waals surface area contributed by atoms with Crippen molar-refractivity contribution < 1.29 is 0 Å². The van der Waals surface area contributed by atoms with Crippen molar-refractivity contribution in [1.29, 1.82) is 0 Å². The van der Waals surface area contributed by atoms with Gasteiger partial charge in [-0.05, 0) is 92.4 Å². The van der Waals surface area contributed by atoms with Gasteiger partial charge in [0.2, 0.25) is 0 Å². The quantitative estimate of drug-likeness (QED) is 0.249. The van der Waals surface area contributed by atoms with Crippen LogP contribution < -0.4 is 5.32 Å². The molecule has 0 fully saturated rings. The van der Waals surface area contributed by atoms with Gasteiger partial charge in [0.1, 0.15) is 0 Å². The lowest BCUT2D eigenvalue weighted by Gasteiger charge is -2.22. The van der Waals surface area contributed by atoms with Crippen molar-refractivity contribution in [3.8, 4) is 11.4 Å². The van der Waals surface area contributed by atoms with Gasteiger partial charge in [-0.3, -0.25) is 24.8 Å². The standard InChI is InChI=1S/C30H36N6/c1-25-12-16-34-29(21-25)30-22-26(13-17-35-30)9-3-2-8-19-36(24-28-11-5-7-15-33-28)20-18-31-23-27-10-4-6-14-32-27/h4-7,10-17,21-22,31H,2-3,8-9,18-20,23-24H2,1H3. The molecule has 0 amide bonds. The third-order valence-electron chi connectivity index (χ3n) is 6.19. The summed E-state index contributed by atoms with van der Waals surface area (Å²) < 4.78 is 0. The highest BCUT2D eigenvalue weighted by atomic mass is 15.1. The number of hydrogen-bond acceptors (Lipinski definition) is 6. The molecule has 36 heavy (non-hydrogen) atoms. The molecule has 0 aromatic carbocycles. The van der Waals surface area contributed by atoms with Crippen LogP contribution in [0.3, 0.4) is 0 Å². The fraction of sp³-hybridized carbons (Fsp3) is 0.333. The topological polar surface area (TPSA) is 66.8 Å². The van der Waals surface area contributed by atoms with E-state index in [1.165, 1.54) is 30.4 Å². The van der Waals surface area contributed by atoms with Gasteiger partial charge in [0.15, 0.2) is 0 Å². The minimum Gasteiger partial charge on any atom is -0.310 e. The number of rotatable bonds is 14. The van der Waals surface area contributed by atoms with Crippen molar-refractivity contribution in [3.63, 3.8) is 0 Å². The number of aryl methyl sites for hydroxylation is 2. The van der Waals surface area contributed by atoms with Crippen LogP contribution >= 0.6 is 0 Å². The monoisotopic (exact) mass is 480 g/mol. The molecule has 0 saturated carbocycles. The molecule has 0 aliphatic rings. The zero-order valence-electron chi connectivity index (χ0n) is 21.2. The van der Waals surface area contributed by atoms with Crippen LogP contribution in [0.25, 0.3) is 11.4 Å². The molecule has 0 radical (unpaired) electrons. The normalized spacial score (nSPS) is 11.2. The molecule has 0 atom stereocenters. The first-order valence-corrected chi connectivity index (χ1v) is 12.9. The van der Waals surface area contributed by atoms with Crippen LogP contribution in [0.2, 0.25) is 0 Å². The molecule has 0 unspecified atom stereocenters. The highest BCUT2D eigenvalue weighted by molar-refractivity contribution is 5.55. The van der Waals surface area contributed by atoms with Crippen LogP contribution in [0.4, 0.5) is 0 Å². The van der Waals surface area contributed by atoms with E-state index in [9.17, 15) is 0 Å². The van der Waals surface area contributed by atoms with Crippen molar-refractivity contribution in [2.45, 2.75) is 45.7 Å². The van der Waals surface area contributed by atoms with E-state index >= 15 is 0 Å². The second-order valence-corrected chi connectivity index (χ2v) is 9.17. The minimum absolute atomic E-state index is 0.796. The van der Waals surface area contributed by atoms with Gasteiger partial charge in [0.05, 0.1) is 22.8 Å². The van der Waals surface area contributed by atoms with E-state index in [0.717, 1.165) is 61.9 Å². The van der Waals surface area contributed by atoms with Gasteiger partial charge >= 0.3 is 0 Å². The summed E-state index contributed by atoms with van der Waals surface area (Å²) in [6.07, 6.45) is 12.1. The molecular weight excluding hydrogens is 444 g/mol. The number of pyridine rings is 4. The Labute approximate surface area is 214 Å². The molecule has 0 saturated heterocycles. The SMILES string of the molecule is Cc1ccnc(-c2cc(CCCCCN(CCNCc3ccccn3)Cc3ccccn3)ccn2)c1. The third kappa shape index (κ3) is 8.63. The van der Waals surface area contributed by atoms with Gasteiger partial charge in [0.25, 0.3) is 0 Å². The first-order chi connectivity index (χ1) is 17.8. The molecule has 0 aliphatic heterocycles. The summed E-state index contributed by atoms with van der Waals surface area (Å²) in [5.74, 6) is 0. The largest absolute Gasteiger partial charge is 0.310 e. The Kier molecular flexibility index (Phi) is 10.1. The maximum absolute atomic E-state index is 4.53. The van der Waals surface area contributed by atoms with Gasteiger partial charge in [-0.1, -0.05) is 18.6 Å². The Morgan fingerprint density at radius 1 is 0.694 bits per heavy atom. The van der Waals surface area contributed by atoms with Crippen LogP contribution in [0, 0.1) is 6.92 Å². The lowest BCUT2D eigenvalue weighted by Crippen LogP contribution is -2.32. The number of nitrogens with zero attached hydrogens (tertiary/aromatic N) is 5. The van der Waals surface area contributed by atoms with Gasteiger partial charge in [-0.25, -0.2) is 0 Å². The summed E-state index contributed by atoms with van der Waals surface area (Å²) in [7, 11) is 0. The summed E-state index contributed by atoms with van der Waals surface area (Å²) in [5, 5.41) is 3.53. The van der Waals surface area contributed by atoms with Crippen LogP contribution in [0.5, 0.6) is 0 Å². The van der Waals surface area contributed by atoms with E-state index in [1.807, 2.05) is 49.1 Å². The number of aromatic nitrogens is 4. The summed E-state index contributed by atoms with van der Waals surface area (Å²) in [5.41, 5.74) is 6.62. The van der Waals surface area contributed by atoms with E-state index < -0.39 is 0 Å². The maximum Gasteiger partial charge on any atom is 0.0888 e. The molecule has 4 heterocycles. The van der Waals surface area contributed by atoms with Crippen LogP contribution in [0.1, 0.15) is 41.8 Å². The molecule has 0 bridgehead atoms. The Bertz CT molecular complexity index is 1170. The summed E-state index contributed by atoms with van der Waals surface area (Å²) in [6.45, 7) is 6.74. The van der Waals surface area contributed by atoms with Gasteiger partial charge in [-0.15, -0.1) is 0 Å². The first-order valence-electron chi connectivity index (χ1n) is 12.9. The highest BCUT2D eigenvalue weighted by Gasteiger charge is 2.08. The van der Waals surface area contributed by atoms with Crippen LogP contribution in [-0.4, -0.2) is 44.5 Å². The second kappa shape index (κ2) is 14.2. The van der Waals surface area contributed by atoms with Gasteiger partial charge < -0.3 is 5.32 Å². The third-order valence-corrected chi connectivity index (χ3v) is 6.19. The molecule has 0 spiro atoms. The fourth-order valence-electron chi connectivity index (χ4n) is 4.23. The molecule has 6 nitrogen and oxygen atoms in total. The Balaban J connectivity index is 1.22. The van der Waals surface area contributed by atoms with E-state index in [1.54, 1.807) is 0 Å². The lowest BCUT2D eigenvalue weighted by molar-refractivity contribution is 0.255. The van der Waals surface area contributed by atoms with Crippen molar-refractivity contribution >= 4 is 0 Å². The van der Waals surface area contributed by atoms with Gasteiger partial charge in [-0.2, -0.15) is 0 Å². The van der Waals surface area contributed by atoms with E-state index in [4.69, 9.17) is 0 Å². The summed E-state index contributed by atoms with van der Waals surface area (Å²) >= 11 is 0. The Morgan fingerprint density at radius 2 is 1.44 bits per heavy atom. The maximum atomic E-state index is 4.53. The summed E-state index contributed by atoms with van der Waals surface area (Å²) in [6, 6.07) is 20.6. The fourth-order valence-corrected chi connectivity index (χ4v) is 4.23. The number of unbranched alkanes of at least 4 members (excludes halogenated alkanes) is 2. The van der Waals surface area contributed by atoms with E-state index in [2.05, 4.69) is 73.5 Å². The molecule has 4 aromatic rings. The van der Waals surface area contributed by atoms with Crippen molar-refractivity contribution in [2.24, 2.45) is 0 Å². The van der Waals surface area contributed by atoms with Gasteiger partial charge in [0, 0.05) is 51.0 Å². The van der Waals surface area contributed by atoms with Crippen LogP contribution in [0.15, 0.2) is 85.5 Å². The van der Waals surface area contributed by atoms with Crippen molar-refractivity contribution in [1.82, 2.24) is 30.2 Å². The van der Waals surface area contributed by atoms with E-state index in [-0.39, 0.29) is 0 Å². The molecule has 4 aromatic heterocycles. The Hall–Kier alpha value is -3.48. The molecule has 186 valence electrons. The predicted molar refractivity (Wildman–Crippen MR) is 145 cm³/mol. The molecule has 6 heteroatoms. The van der Waals surface area contributed by atoms with Crippen LogP contribution in [-0.2, 0) is 19.5 Å². The van der Waals surface area contributed by atoms with Crippen molar-refractivity contribution in [3.05, 3.63) is 108 Å². The molecule has 1 N–H and O–H groups in total. The highest BCUT2D eigenvalue weighted by Crippen LogP contribution is 2.18. The average Bonchev–Trinajstić information content (AvgIpc) is 2.92. The minimum atomic E-state index is 0.796. The van der Waals surface area contributed by atoms with E-state index in [0.29, 0.717) is 0 Å². The first kappa shape index (κ1) is 25.6. The smallest absolute Gasteiger partial charge is 0.0888 e.